The molecule has 0 rings (SSSR count). The highest BCUT2D eigenvalue weighted by Crippen LogP contribution is 1.69. The second kappa shape index (κ2) is 8.01. The van der Waals surface area contributed by atoms with Gasteiger partial charge in [-0.05, 0) is 14.1 Å². The van der Waals surface area contributed by atoms with E-state index in [9.17, 15) is 4.79 Å². The minimum atomic E-state index is -0.787. The van der Waals surface area contributed by atoms with Crippen molar-refractivity contribution in [2.45, 2.75) is 0 Å². The molecule has 5 heteroatoms. The highest BCUT2D eigenvalue weighted by atomic mass is 35.5. The summed E-state index contributed by atoms with van der Waals surface area (Å²) in [6, 6.07) is 0. The molecule has 3 nitrogen and oxygen atoms in total. The Balaban J connectivity index is -0.000000180. The van der Waals surface area contributed by atoms with Crippen molar-refractivity contribution < 1.29 is 9.90 Å². The van der Waals surface area contributed by atoms with Crippen LogP contribution in [0.3, 0.4) is 0 Å². The molecule has 0 unspecified atom stereocenters. The Bertz CT molecular complexity index is 77.0. The van der Waals surface area contributed by atoms with Crippen molar-refractivity contribution in [3.8, 4) is 0 Å². The van der Waals surface area contributed by atoms with Crippen LogP contribution in [0.4, 0.5) is 0 Å². The van der Waals surface area contributed by atoms with Crippen molar-refractivity contribution in [1.82, 2.24) is 4.90 Å². The molecule has 0 radical (unpaired) electrons. The summed E-state index contributed by atoms with van der Waals surface area (Å²) in [4.78, 5) is 11.4. The van der Waals surface area contributed by atoms with Crippen LogP contribution >= 0.6 is 24.8 Å². The van der Waals surface area contributed by atoms with Gasteiger partial charge in [-0.2, -0.15) is 0 Å². The van der Waals surface area contributed by atoms with Gasteiger partial charge in [0.1, 0.15) is 0 Å². The summed E-state index contributed by atoms with van der Waals surface area (Å²) in [5.41, 5.74) is 0. The number of likely N-dealkylation sites (N-methyl/N-ethyl adjacent to an activating group) is 1. The molecule has 0 aromatic rings. The monoisotopic (exact) mass is 175 g/mol. The van der Waals surface area contributed by atoms with Gasteiger partial charge in [-0.25, -0.2) is 0 Å². The first-order valence-corrected chi connectivity index (χ1v) is 1.99. The van der Waals surface area contributed by atoms with Crippen LogP contribution in [0.1, 0.15) is 0 Å². The fourth-order valence-electron chi connectivity index (χ4n) is 0.271. The molecule has 9 heavy (non-hydrogen) atoms. The van der Waals surface area contributed by atoms with E-state index in [1.165, 1.54) is 0 Å². The summed E-state index contributed by atoms with van der Waals surface area (Å²) in [5, 5.41) is 8.04. The molecule has 0 amide bonds. The average Bonchev–Trinajstić information content (AvgIpc) is 1.27. The van der Waals surface area contributed by atoms with Gasteiger partial charge < -0.3 is 5.11 Å². The smallest absolute Gasteiger partial charge is 0.317 e. The Labute approximate surface area is 66.9 Å². The third-order valence-electron chi connectivity index (χ3n) is 0.451. The summed E-state index contributed by atoms with van der Waals surface area (Å²) in [6.45, 7) is 0.111. The van der Waals surface area contributed by atoms with E-state index in [0.717, 1.165) is 0 Å². The van der Waals surface area contributed by atoms with E-state index >= 15 is 0 Å². The van der Waals surface area contributed by atoms with Crippen molar-refractivity contribution >= 4 is 30.8 Å². The minimum absolute atomic E-state index is 0. The third kappa shape index (κ3) is 18.0. The van der Waals surface area contributed by atoms with Crippen molar-refractivity contribution in [3.63, 3.8) is 0 Å². The fraction of sp³-hybridized carbons (Fsp3) is 0.750. The normalized spacial score (nSPS) is 7.44. The highest BCUT2D eigenvalue weighted by molar-refractivity contribution is 5.85. The first-order chi connectivity index (χ1) is 3.13. The molecule has 0 atom stereocenters. The zero-order valence-electron chi connectivity index (χ0n) is 5.33. The predicted octanol–water partition coefficient (Wildman–Crippen LogP) is 0.476. The van der Waals surface area contributed by atoms with Crippen molar-refractivity contribution in [2.75, 3.05) is 20.6 Å². The summed E-state index contributed by atoms with van der Waals surface area (Å²) in [6.07, 6.45) is 0. The second-order valence-electron chi connectivity index (χ2n) is 1.63. The van der Waals surface area contributed by atoms with Crippen molar-refractivity contribution in [1.29, 1.82) is 0 Å². The Kier molecular flexibility index (Phi) is 14.2. The Morgan fingerprint density at radius 1 is 1.44 bits per heavy atom. The van der Waals surface area contributed by atoms with Crippen LogP contribution in [0.5, 0.6) is 0 Å². The number of carbonyl (C=O) groups is 1. The third-order valence-corrected chi connectivity index (χ3v) is 0.451. The Hall–Kier alpha value is 0.01000. The lowest BCUT2D eigenvalue weighted by Gasteiger charge is -2.01. The molecule has 0 aromatic carbocycles. The van der Waals surface area contributed by atoms with Gasteiger partial charge in [0.2, 0.25) is 0 Å². The molecule has 0 heterocycles. The molecule has 0 aliphatic rings. The van der Waals surface area contributed by atoms with Gasteiger partial charge >= 0.3 is 5.97 Å². The lowest BCUT2D eigenvalue weighted by Crippen LogP contribution is -2.20. The number of aliphatic carboxylic acids is 1. The van der Waals surface area contributed by atoms with Gasteiger partial charge in [-0.15, -0.1) is 24.8 Å². The molecule has 0 aromatic heterocycles. The number of hydrogen-bond donors (Lipinski definition) is 1. The molecule has 58 valence electrons. The molecule has 0 bridgehead atoms. The van der Waals surface area contributed by atoms with Crippen molar-refractivity contribution in [2.24, 2.45) is 0 Å². The molecule has 0 saturated carbocycles. The van der Waals surface area contributed by atoms with Gasteiger partial charge in [0.25, 0.3) is 0 Å². The number of carboxylic acid groups (broad SMARTS) is 1. The van der Waals surface area contributed by atoms with E-state index in [-0.39, 0.29) is 31.4 Å². The van der Waals surface area contributed by atoms with Crippen LogP contribution in [0.15, 0.2) is 0 Å². The van der Waals surface area contributed by atoms with Crippen LogP contribution in [-0.2, 0) is 4.79 Å². The van der Waals surface area contributed by atoms with Gasteiger partial charge in [0.05, 0.1) is 6.54 Å². The maximum atomic E-state index is 9.77. The van der Waals surface area contributed by atoms with E-state index in [4.69, 9.17) is 5.11 Å². The maximum absolute atomic E-state index is 9.77. The van der Waals surface area contributed by atoms with Crippen LogP contribution in [0.2, 0.25) is 0 Å². The predicted molar refractivity (Wildman–Crippen MR) is 40.7 cm³/mol. The molecule has 0 spiro atoms. The topological polar surface area (TPSA) is 40.5 Å². The summed E-state index contributed by atoms with van der Waals surface area (Å²) in [7, 11) is 3.43. The van der Waals surface area contributed by atoms with Gasteiger partial charge in [0, 0.05) is 0 Å². The van der Waals surface area contributed by atoms with E-state index in [1.807, 2.05) is 0 Å². The molecule has 0 aliphatic carbocycles. The van der Waals surface area contributed by atoms with Gasteiger partial charge in [0.15, 0.2) is 0 Å². The van der Waals surface area contributed by atoms with Crippen LogP contribution in [0, 0.1) is 0 Å². The first-order valence-electron chi connectivity index (χ1n) is 1.99. The van der Waals surface area contributed by atoms with E-state index in [1.54, 1.807) is 19.0 Å². The second-order valence-corrected chi connectivity index (χ2v) is 1.63. The zero-order valence-corrected chi connectivity index (χ0v) is 6.96. The summed E-state index contributed by atoms with van der Waals surface area (Å²) < 4.78 is 0. The Morgan fingerprint density at radius 3 is 1.78 bits per heavy atom. The van der Waals surface area contributed by atoms with Gasteiger partial charge in [-0.3, -0.25) is 9.69 Å². The maximum Gasteiger partial charge on any atom is 0.317 e. The van der Waals surface area contributed by atoms with Crippen LogP contribution < -0.4 is 0 Å². The molecule has 0 saturated heterocycles. The number of nitrogens with zero attached hydrogens (tertiary/aromatic N) is 1. The fourth-order valence-corrected chi connectivity index (χ4v) is 0.271. The number of rotatable bonds is 2. The zero-order chi connectivity index (χ0) is 5.86. The molecule has 0 aliphatic heterocycles. The quantitative estimate of drug-likeness (QED) is 0.665. The molecule has 1 N–H and O–H groups in total. The highest BCUT2D eigenvalue weighted by Gasteiger charge is 1.94. The SMILES string of the molecule is CN(C)CC(=O)O.Cl.Cl. The van der Waals surface area contributed by atoms with E-state index < -0.39 is 5.97 Å². The average molecular weight is 176 g/mol. The lowest BCUT2D eigenvalue weighted by atomic mass is 10.6. The molecular weight excluding hydrogens is 165 g/mol. The van der Waals surface area contributed by atoms with E-state index in [2.05, 4.69) is 0 Å². The number of hydrogen-bond acceptors (Lipinski definition) is 2. The largest absolute Gasteiger partial charge is 0.480 e. The lowest BCUT2D eigenvalue weighted by molar-refractivity contribution is -0.137. The summed E-state index contributed by atoms with van der Waals surface area (Å²) in [5.74, 6) is -0.787. The van der Waals surface area contributed by atoms with Crippen molar-refractivity contribution in [3.05, 3.63) is 0 Å². The van der Waals surface area contributed by atoms with Crippen LogP contribution in [0.25, 0.3) is 0 Å². The Morgan fingerprint density at radius 2 is 1.78 bits per heavy atom. The van der Waals surface area contributed by atoms with Crippen LogP contribution in [-0.4, -0.2) is 36.6 Å². The minimum Gasteiger partial charge on any atom is -0.480 e. The summed E-state index contributed by atoms with van der Waals surface area (Å²) >= 11 is 0. The molecule has 0 fully saturated rings. The van der Waals surface area contributed by atoms with Gasteiger partial charge in [-0.1, -0.05) is 0 Å². The number of carboxylic acids is 1. The first kappa shape index (κ1) is 16.0. The number of halogens is 2. The standard InChI is InChI=1S/C4H9NO2.2ClH/c1-5(2)3-4(6)7;;/h3H2,1-2H3,(H,6,7);2*1H. The molecular formula is C4H11Cl2NO2. The van der Waals surface area contributed by atoms with E-state index in [0.29, 0.717) is 0 Å².